The average Bonchev–Trinajstić information content (AvgIpc) is 2.71. The van der Waals surface area contributed by atoms with E-state index in [-0.39, 0.29) is 36.6 Å². The van der Waals surface area contributed by atoms with Crippen LogP contribution < -0.4 is 5.32 Å². The van der Waals surface area contributed by atoms with Crippen LogP contribution in [0.5, 0.6) is 0 Å². The Morgan fingerprint density at radius 3 is 2.34 bits per heavy atom. The fourth-order valence-electron chi connectivity index (χ4n) is 3.01. The van der Waals surface area contributed by atoms with E-state index < -0.39 is 6.04 Å². The lowest BCUT2D eigenvalue weighted by Crippen LogP contribution is -2.49. The Labute approximate surface area is 173 Å². The van der Waals surface area contributed by atoms with Crippen molar-refractivity contribution in [1.29, 1.82) is 0 Å². The molecule has 0 aromatic heterocycles. The van der Waals surface area contributed by atoms with Crippen molar-refractivity contribution in [2.75, 3.05) is 0 Å². The Hall–Kier alpha value is -2.69. The molecule has 0 aliphatic carbocycles. The Bertz CT molecular complexity index is 820. The summed E-state index contributed by atoms with van der Waals surface area (Å²) in [6.45, 7) is 7.68. The van der Waals surface area contributed by atoms with Gasteiger partial charge in [-0.25, -0.2) is 4.39 Å². The van der Waals surface area contributed by atoms with Crippen LogP contribution >= 0.6 is 0 Å². The SMILES string of the molecule is CC[C@H](C)NC(=O)[C@@H](C)N(Cc1ccccc1F)C(=O)CCc1ccc(C)cc1. The van der Waals surface area contributed by atoms with E-state index in [1.165, 1.54) is 11.0 Å². The Morgan fingerprint density at radius 1 is 1.07 bits per heavy atom. The lowest BCUT2D eigenvalue weighted by molar-refractivity contribution is -0.140. The van der Waals surface area contributed by atoms with E-state index in [9.17, 15) is 14.0 Å². The van der Waals surface area contributed by atoms with Crippen LogP contribution in [0.25, 0.3) is 0 Å². The van der Waals surface area contributed by atoms with Gasteiger partial charge in [0.2, 0.25) is 11.8 Å². The molecule has 0 bridgehead atoms. The van der Waals surface area contributed by atoms with Crippen LogP contribution in [0.1, 0.15) is 50.3 Å². The minimum absolute atomic E-state index is 0.0166. The second kappa shape index (κ2) is 10.7. The fraction of sp³-hybridized carbons (Fsp3) is 0.417. The maximum Gasteiger partial charge on any atom is 0.242 e. The highest BCUT2D eigenvalue weighted by Crippen LogP contribution is 2.16. The molecule has 0 spiro atoms. The van der Waals surface area contributed by atoms with Gasteiger partial charge in [0.05, 0.1) is 0 Å². The molecule has 1 N–H and O–H groups in total. The summed E-state index contributed by atoms with van der Waals surface area (Å²) in [5.74, 6) is -0.765. The number of hydrogen-bond donors (Lipinski definition) is 1. The summed E-state index contributed by atoms with van der Waals surface area (Å²) >= 11 is 0. The van der Waals surface area contributed by atoms with E-state index in [1.54, 1.807) is 25.1 Å². The topological polar surface area (TPSA) is 49.4 Å². The van der Waals surface area contributed by atoms with Crippen LogP contribution in [0.15, 0.2) is 48.5 Å². The standard InChI is InChI=1S/C24H31FN2O2/c1-5-18(3)26-24(29)19(4)27(16-21-8-6-7-9-22(21)25)23(28)15-14-20-12-10-17(2)11-13-20/h6-13,18-19H,5,14-16H2,1-4H3,(H,26,29)/t18-,19+/m0/s1. The summed E-state index contributed by atoms with van der Waals surface area (Å²) in [6.07, 6.45) is 1.64. The molecule has 2 aromatic carbocycles. The first kappa shape index (κ1) is 22.6. The molecule has 0 saturated heterocycles. The van der Waals surface area contributed by atoms with E-state index in [0.717, 1.165) is 17.5 Å². The van der Waals surface area contributed by atoms with E-state index >= 15 is 0 Å². The monoisotopic (exact) mass is 398 g/mol. The van der Waals surface area contributed by atoms with Crippen LogP contribution in [0.4, 0.5) is 4.39 Å². The third-order valence-electron chi connectivity index (χ3n) is 5.21. The van der Waals surface area contributed by atoms with Gasteiger partial charge in [-0.1, -0.05) is 55.0 Å². The minimum atomic E-state index is -0.686. The number of rotatable bonds is 9. The number of nitrogens with one attached hydrogen (secondary N) is 1. The second-order valence-electron chi connectivity index (χ2n) is 7.59. The molecule has 0 fully saturated rings. The first-order chi connectivity index (χ1) is 13.8. The third kappa shape index (κ3) is 6.70. The lowest BCUT2D eigenvalue weighted by Gasteiger charge is -2.30. The van der Waals surface area contributed by atoms with Crippen molar-refractivity contribution < 1.29 is 14.0 Å². The average molecular weight is 399 g/mol. The number of carbonyl (C=O) groups excluding carboxylic acids is 2. The van der Waals surface area contributed by atoms with Crippen LogP contribution in [-0.4, -0.2) is 28.8 Å². The Balaban J connectivity index is 2.15. The van der Waals surface area contributed by atoms with Gasteiger partial charge < -0.3 is 10.2 Å². The predicted molar refractivity (Wildman–Crippen MR) is 114 cm³/mol. The maximum absolute atomic E-state index is 14.2. The lowest BCUT2D eigenvalue weighted by atomic mass is 10.1. The molecule has 0 heterocycles. The van der Waals surface area contributed by atoms with Crippen LogP contribution in [-0.2, 0) is 22.6 Å². The molecule has 2 atom stereocenters. The Morgan fingerprint density at radius 2 is 1.72 bits per heavy atom. The highest BCUT2D eigenvalue weighted by molar-refractivity contribution is 5.87. The summed E-state index contributed by atoms with van der Waals surface area (Å²) in [4.78, 5) is 27.1. The third-order valence-corrected chi connectivity index (χ3v) is 5.21. The maximum atomic E-state index is 14.2. The predicted octanol–water partition coefficient (Wildman–Crippen LogP) is 4.40. The number of halogens is 1. The summed E-state index contributed by atoms with van der Waals surface area (Å²) in [5, 5.41) is 2.92. The second-order valence-corrected chi connectivity index (χ2v) is 7.59. The van der Waals surface area contributed by atoms with Crippen molar-refractivity contribution in [2.24, 2.45) is 0 Å². The molecular formula is C24H31FN2O2. The van der Waals surface area contributed by atoms with Crippen molar-refractivity contribution in [3.63, 3.8) is 0 Å². The van der Waals surface area contributed by atoms with Gasteiger partial charge in [0.25, 0.3) is 0 Å². The number of nitrogens with zero attached hydrogens (tertiary/aromatic N) is 1. The van der Waals surface area contributed by atoms with Gasteiger partial charge in [-0.2, -0.15) is 0 Å². The van der Waals surface area contributed by atoms with Crippen LogP contribution in [0.3, 0.4) is 0 Å². The normalized spacial score (nSPS) is 12.9. The summed E-state index contributed by atoms with van der Waals surface area (Å²) in [6, 6.07) is 13.7. The van der Waals surface area contributed by atoms with Crippen LogP contribution in [0.2, 0.25) is 0 Å². The summed E-state index contributed by atoms with van der Waals surface area (Å²) in [7, 11) is 0. The Kier molecular flexibility index (Phi) is 8.37. The molecule has 0 radical (unpaired) electrons. The highest BCUT2D eigenvalue weighted by atomic mass is 19.1. The number of benzene rings is 2. The molecular weight excluding hydrogens is 367 g/mol. The molecule has 5 heteroatoms. The van der Waals surface area contributed by atoms with Gasteiger partial charge in [0, 0.05) is 24.6 Å². The van der Waals surface area contributed by atoms with Crippen molar-refractivity contribution in [3.05, 3.63) is 71.0 Å². The fourth-order valence-corrected chi connectivity index (χ4v) is 3.01. The molecule has 0 unspecified atom stereocenters. The minimum Gasteiger partial charge on any atom is -0.352 e. The molecule has 0 aliphatic rings. The number of aryl methyl sites for hydroxylation is 2. The summed E-state index contributed by atoms with van der Waals surface area (Å²) < 4.78 is 14.2. The molecule has 29 heavy (non-hydrogen) atoms. The molecule has 4 nitrogen and oxygen atoms in total. The van der Waals surface area contributed by atoms with Gasteiger partial charge in [-0.05, 0) is 45.2 Å². The molecule has 156 valence electrons. The zero-order chi connectivity index (χ0) is 21.4. The molecule has 0 saturated carbocycles. The number of carbonyl (C=O) groups is 2. The zero-order valence-electron chi connectivity index (χ0n) is 17.7. The first-order valence-electron chi connectivity index (χ1n) is 10.2. The number of amides is 2. The van der Waals surface area contributed by atoms with Crippen molar-refractivity contribution in [1.82, 2.24) is 10.2 Å². The van der Waals surface area contributed by atoms with Crippen molar-refractivity contribution in [3.8, 4) is 0 Å². The van der Waals surface area contributed by atoms with E-state index in [0.29, 0.717) is 12.0 Å². The highest BCUT2D eigenvalue weighted by Gasteiger charge is 2.27. The largest absolute Gasteiger partial charge is 0.352 e. The van der Waals surface area contributed by atoms with Gasteiger partial charge in [-0.3, -0.25) is 9.59 Å². The van der Waals surface area contributed by atoms with Gasteiger partial charge in [0.1, 0.15) is 11.9 Å². The van der Waals surface area contributed by atoms with E-state index in [2.05, 4.69) is 5.32 Å². The van der Waals surface area contributed by atoms with Crippen molar-refractivity contribution >= 4 is 11.8 Å². The van der Waals surface area contributed by atoms with Crippen LogP contribution in [0, 0.1) is 12.7 Å². The van der Waals surface area contributed by atoms with Gasteiger partial charge in [-0.15, -0.1) is 0 Å². The summed E-state index contributed by atoms with van der Waals surface area (Å²) in [5.41, 5.74) is 2.63. The smallest absolute Gasteiger partial charge is 0.242 e. The van der Waals surface area contributed by atoms with Gasteiger partial charge in [0.15, 0.2) is 0 Å². The van der Waals surface area contributed by atoms with E-state index in [1.807, 2.05) is 45.0 Å². The van der Waals surface area contributed by atoms with Crippen molar-refractivity contribution in [2.45, 2.75) is 65.6 Å². The molecule has 2 aromatic rings. The molecule has 2 amide bonds. The number of hydrogen-bond acceptors (Lipinski definition) is 2. The zero-order valence-corrected chi connectivity index (χ0v) is 17.7. The molecule has 2 rings (SSSR count). The first-order valence-corrected chi connectivity index (χ1v) is 10.2. The molecule has 0 aliphatic heterocycles. The quantitative estimate of drug-likeness (QED) is 0.681. The van der Waals surface area contributed by atoms with E-state index in [4.69, 9.17) is 0 Å². The van der Waals surface area contributed by atoms with Gasteiger partial charge >= 0.3 is 0 Å².